The third-order valence-electron chi connectivity index (χ3n) is 5.79. The highest BCUT2D eigenvalue weighted by Crippen LogP contribution is 2.43. The molecule has 0 bridgehead atoms. The van der Waals surface area contributed by atoms with Crippen LogP contribution in [0.25, 0.3) is 0 Å². The summed E-state index contributed by atoms with van der Waals surface area (Å²) in [4.78, 5) is 9.67. The predicted molar refractivity (Wildman–Crippen MR) is 148 cm³/mol. The van der Waals surface area contributed by atoms with Gasteiger partial charge in [-0.1, -0.05) is 82.8 Å². The molecule has 0 radical (unpaired) electrons. The SMILES string of the molecule is C[N+](C)(C)CCOP(=O)(O)OCCCCCCCCCCCCCCCc1ccc(I)cc1. The Balaban J connectivity index is 1.80. The maximum atomic E-state index is 11.8. The van der Waals surface area contributed by atoms with Crippen LogP contribution in [0.1, 0.15) is 89.0 Å². The van der Waals surface area contributed by atoms with Crippen LogP contribution >= 0.6 is 30.4 Å². The van der Waals surface area contributed by atoms with E-state index in [1.54, 1.807) is 0 Å². The minimum atomic E-state index is -3.89. The lowest BCUT2D eigenvalue weighted by atomic mass is 10.0. The second-order valence-electron chi connectivity index (χ2n) is 10.1. The minimum absolute atomic E-state index is 0.227. The zero-order chi connectivity index (χ0) is 24.4. The smallest absolute Gasteiger partial charge is 0.329 e. The molecule has 7 heteroatoms. The molecular weight excluding hydrogens is 548 g/mol. The summed E-state index contributed by atoms with van der Waals surface area (Å²) >= 11 is 2.36. The molecule has 0 amide bonds. The van der Waals surface area contributed by atoms with E-state index in [0.29, 0.717) is 17.6 Å². The van der Waals surface area contributed by atoms with Crippen LogP contribution in [0.4, 0.5) is 0 Å². The Kier molecular flexibility index (Phi) is 17.2. The lowest BCUT2D eigenvalue weighted by Gasteiger charge is -2.24. The lowest BCUT2D eigenvalue weighted by molar-refractivity contribution is -0.870. The van der Waals surface area contributed by atoms with Gasteiger partial charge in [0.25, 0.3) is 0 Å². The van der Waals surface area contributed by atoms with E-state index in [0.717, 1.165) is 12.8 Å². The van der Waals surface area contributed by atoms with Crippen molar-refractivity contribution in [3.8, 4) is 0 Å². The summed E-state index contributed by atoms with van der Waals surface area (Å²) in [5.74, 6) is 0. The standard InChI is InChI=1S/C26H47INO4P/c1-28(2,3)22-24-32-33(29,30)31-23-16-14-12-10-8-6-4-5-7-9-11-13-15-17-25-18-20-26(27)21-19-25/h18-21H,4-17,22-24H2,1-3H3/p+1. The second-order valence-corrected chi connectivity index (χ2v) is 12.8. The minimum Gasteiger partial charge on any atom is -0.329 e. The van der Waals surface area contributed by atoms with Crippen LogP contribution in [0.2, 0.25) is 0 Å². The molecule has 1 N–H and O–H groups in total. The number of nitrogens with zero attached hydrogens (tertiary/aromatic N) is 1. The first-order valence-electron chi connectivity index (χ1n) is 12.8. The van der Waals surface area contributed by atoms with Crippen molar-refractivity contribution < 1.29 is 23.0 Å². The van der Waals surface area contributed by atoms with Crippen molar-refractivity contribution in [2.75, 3.05) is 40.9 Å². The van der Waals surface area contributed by atoms with Crippen LogP contribution in [0.5, 0.6) is 0 Å². The molecule has 0 heterocycles. The lowest BCUT2D eigenvalue weighted by Crippen LogP contribution is -2.37. The van der Waals surface area contributed by atoms with Crippen LogP contribution < -0.4 is 0 Å². The van der Waals surface area contributed by atoms with Crippen molar-refractivity contribution in [3.05, 3.63) is 33.4 Å². The summed E-state index contributed by atoms with van der Waals surface area (Å²) < 4.78 is 23.9. The van der Waals surface area contributed by atoms with Crippen LogP contribution in [0.3, 0.4) is 0 Å². The summed E-state index contributed by atoms with van der Waals surface area (Å²) in [6.07, 6.45) is 17.6. The number of rotatable bonds is 21. The zero-order valence-electron chi connectivity index (χ0n) is 21.3. The largest absolute Gasteiger partial charge is 0.472 e. The van der Waals surface area contributed by atoms with Crippen molar-refractivity contribution in [1.29, 1.82) is 0 Å². The van der Waals surface area contributed by atoms with Gasteiger partial charge >= 0.3 is 7.82 Å². The van der Waals surface area contributed by atoms with E-state index in [9.17, 15) is 9.46 Å². The molecule has 1 atom stereocenters. The number of hydrogen-bond acceptors (Lipinski definition) is 3. The zero-order valence-corrected chi connectivity index (χ0v) is 24.3. The third kappa shape index (κ3) is 20.0. The topological polar surface area (TPSA) is 55.8 Å². The molecule has 1 aromatic carbocycles. The van der Waals surface area contributed by atoms with Crippen molar-refractivity contribution in [2.45, 2.75) is 89.9 Å². The first-order valence-corrected chi connectivity index (χ1v) is 15.4. The number of aryl methyl sites for hydroxylation is 1. The average Bonchev–Trinajstić information content (AvgIpc) is 2.73. The second kappa shape index (κ2) is 18.3. The van der Waals surface area contributed by atoms with Gasteiger partial charge in [-0.2, -0.15) is 0 Å². The summed E-state index contributed by atoms with van der Waals surface area (Å²) in [5, 5.41) is 0. The number of quaternary nitrogens is 1. The number of halogens is 1. The quantitative estimate of drug-likeness (QED) is 0.0683. The van der Waals surface area contributed by atoms with Crippen molar-refractivity contribution in [2.24, 2.45) is 0 Å². The molecule has 0 aliphatic rings. The van der Waals surface area contributed by atoms with Crippen LogP contribution in [-0.2, 0) is 20.0 Å². The Labute approximate surface area is 217 Å². The van der Waals surface area contributed by atoms with Gasteiger partial charge in [0.1, 0.15) is 13.2 Å². The molecule has 0 saturated carbocycles. The first-order chi connectivity index (χ1) is 15.7. The Morgan fingerprint density at radius 3 is 1.64 bits per heavy atom. The molecule has 0 aliphatic carbocycles. The molecule has 1 aromatic rings. The van der Waals surface area contributed by atoms with Gasteiger partial charge in [0.05, 0.1) is 27.7 Å². The van der Waals surface area contributed by atoms with Gasteiger partial charge in [-0.3, -0.25) is 9.05 Å². The fourth-order valence-corrected chi connectivity index (χ4v) is 4.78. The van der Waals surface area contributed by atoms with E-state index in [1.165, 1.54) is 86.2 Å². The highest BCUT2D eigenvalue weighted by Gasteiger charge is 2.21. The van der Waals surface area contributed by atoms with Gasteiger partial charge in [-0.25, -0.2) is 4.57 Å². The Bertz CT molecular complexity index is 649. The Morgan fingerprint density at radius 2 is 1.15 bits per heavy atom. The van der Waals surface area contributed by atoms with E-state index in [2.05, 4.69) is 46.9 Å². The molecule has 5 nitrogen and oxygen atoms in total. The van der Waals surface area contributed by atoms with E-state index >= 15 is 0 Å². The van der Waals surface area contributed by atoms with Crippen LogP contribution in [0.15, 0.2) is 24.3 Å². The molecule has 0 aliphatic heterocycles. The monoisotopic (exact) mass is 596 g/mol. The number of phosphoric ester groups is 1. The molecular formula is C26H48INO4P+. The molecule has 192 valence electrons. The molecule has 1 rings (SSSR count). The van der Waals surface area contributed by atoms with Crippen LogP contribution in [-0.4, -0.2) is 50.3 Å². The van der Waals surface area contributed by atoms with E-state index in [4.69, 9.17) is 9.05 Å². The van der Waals surface area contributed by atoms with E-state index < -0.39 is 7.82 Å². The Hall–Kier alpha value is 0.0200. The van der Waals surface area contributed by atoms with E-state index in [1.807, 2.05) is 21.1 Å². The fraction of sp³-hybridized carbons (Fsp3) is 0.769. The summed E-state index contributed by atoms with van der Waals surface area (Å²) in [6.45, 7) is 1.19. The number of unbranched alkanes of at least 4 members (excludes halogenated alkanes) is 12. The van der Waals surface area contributed by atoms with Crippen molar-refractivity contribution in [1.82, 2.24) is 0 Å². The predicted octanol–water partition coefficient (Wildman–Crippen LogP) is 7.74. The normalized spacial score (nSPS) is 13.8. The molecule has 1 unspecified atom stereocenters. The number of benzene rings is 1. The van der Waals surface area contributed by atoms with Gasteiger partial charge in [0.15, 0.2) is 0 Å². The Morgan fingerprint density at radius 1 is 0.727 bits per heavy atom. The molecule has 0 aromatic heterocycles. The maximum Gasteiger partial charge on any atom is 0.472 e. The molecule has 0 fully saturated rings. The highest BCUT2D eigenvalue weighted by atomic mass is 127. The number of phosphoric acid groups is 1. The third-order valence-corrected chi connectivity index (χ3v) is 7.53. The molecule has 33 heavy (non-hydrogen) atoms. The maximum absolute atomic E-state index is 11.8. The number of hydrogen-bond donors (Lipinski definition) is 1. The fourth-order valence-electron chi connectivity index (χ4n) is 3.67. The first kappa shape index (κ1) is 31.1. The molecule has 0 spiro atoms. The van der Waals surface area contributed by atoms with Gasteiger partial charge in [0.2, 0.25) is 0 Å². The van der Waals surface area contributed by atoms with Gasteiger partial charge < -0.3 is 9.38 Å². The van der Waals surface area contributed by atoms with E-state index in [-0.39, 0.29) is 6.61 Å². The van der Waals surface area contributed by atoms with Gasteiger partial charge in [-0.15, -0.1) is 0 Å². The summed E-state index contributed by atoms with van der Waals surface area (Å²) in [7, 11) is 2.16. The summed E-state index contributed by atoms with van der Waals surface area (Å²) in [5.41, 5.74) is 1.47. The van der Waals surface area contributed by atoms with Crippen molar-refractivity contribution >= 4 is 30.4 Å². The van der Waals surface area contributed by atoms with Gasteiger partial charge in [-0.05, 0) is 59.5 Å². The highest BCUT2D eigenvalue weighted by molar-refractivity contribution is 14.1. The summed E-state index contributed by atoms with van der Waals surface area (Å²) in [6, 6.07) is 8.91. The van der Waals surface area contributed by atoms with Crippen LogP contribution in [0, 0.1) is 3.57 Å². The number of likely N-dealkylation sites (N-methyl/N-ethyl adjacent to an activating group) is 1. The molecule has 0 saturated heterocycles. The van der Waals surface area contributed by atoms with Crippen molar-refractivity contribution in [3.63, 3.8) is 0 Å². The van der Waals surface area contributed by atoms with Gasteiger partial charge in [0, 0.05) is 3.57 Å². The average molecular weight is 597 g/mol.